The van der Waals surface area contributed by atoms with E-state index in [1.165, 1.54) is 6.92 Å². The van der Waals surface area contributed by atoms with Gasteiger partial charge in [0.15, 0.2) is 0 Å². The van der Waals surface area contributed by atoms with Crippen molar-refractivity contribution in [3.8, 4) is 5.75 Å². The van der Waals surface area contributed by atoms with E-state index in [-0.39, 0.29) is 4.32 Å². The maximum Gasteiger partial charge on any atom is 0.326 e. The molecule has 1 aliphatic rings. The number of benzene rings is 2. The van der Waals surface area contributed by atoms with Crippen LogP contribution in [0.15, 0.2) is 59.5 Å². The van der Waals surface area contributed by atoms with Crippen LogP contribution in [0, 0.1) is 0 Å². The largest absolute Gasteiger partial charge is 0.489 e. The molecule has 3 rings (SSSR count). The third-order valence-electron chi connectivity index (χ3n) is 3.97. The van der Waals surface area contributed by atoms with E-state index in [1.807, 2.05) is 54.6 Å². The highest BCUT2D eigenvalue weighted by molar-refractivity contribution is 8.26. The molecule has 1 aliphatic heterocycles. The van der Waals surface area contributed by atoms with E-state index < -0.39 is 17.9 Å². The first-order valence-corrected chi connectivity index (χ1v) is 9.45. The number of rotatable bonds is 6. The fraction of sp³-hybridized carbons (Fsp3) is 0.150. The molecule has 138 valence electrons. The molecule has 0 aromatic heterocycles. The van der Waals surface area contributed by atoms with E-state index in [4.69, 9.17) is 22.1 Å². The average molecular weight is 399 g/mol. The van der Waals surface area contributed by atoms with Crippen molar-refractivity contribution in [2.24, 2.45) is 0 Å². The third-order valence-corrected chi connectivity index (χ3v) is 5.30. The van der Waals surface area contributed by atoms with Crippen LogP contribution in [-0.2, 0) is 16.2 Å². The lowest BCUT2D eigenvalue weighted by atomic mass is 10.2. The summed E-state index contributed by atoms with van der Waals surface area (Å²) in [5.41, 5.74) is 1.84. The summed E-state index contributed by atoms with van der Waals surface area (Å²) in [6, 6.07) is 16.2. The first-order valence-electron chi connectivity index (χ1n) is 8.22. The molecule has 1 atom stereocenters. The molecular weight excluding hydrogens is 382 g/mol. The van der Waals surface area contributed by atoms with Gasteiger partial charge in [-0.05, 0) is 36.3 Å². The Morgan fingerprint density at radius 1 is 1.26 bits per heavy atom. The Hall–Kier alpha value is -2.64. The van der Waals surface area contributed by atoms with Gasteiger partial charge in [-0.15, -0.1) is 0 Å². The lowest BCUT2D eigenvalue weighted by molar-refractivity contribution is -0.144. The monoisotopic (exact) mass is 399 g/mol. The van der Waals surface area contributed by atoms with Gasteiger partial charge in [0, 0.05) is 0 Å². The highest BCUT2D eigenvalue weighted by Gasteiger charge is 2.38. The Morgan fingerprint density at radius 2 is 2.00 bits per heavy atom. The highest BCUT2D eigenvalue weighted by Crippen LogP contribution is 2.34. The zero-order valence-corrected chi connectivity index (χ0v) is 16.1. The number of hydrogen-bond acceptors (Lipinski definition) is 5. The maximum absolute atomic E-state index is 12.5. The second-order valence-electron chi connectivity index (χ2n) is 5.91. The van der Waals surface area contributed by atoms with Crippen LogP contribution in [0.5, 0.6) is 5.75 Å². The molecule has 1 heterocycles. The molecule has 1 saturated heterocycles. The minimum atomic E-state index is -1.09. The van der Waals surface area contributed by atoms with E-state index in [2.05, 4.69) is 0 Å². The molecule has 0 aliphatic carbocycles. The summed E-state index contributed by atoms with van der Waals surface area (Å²) in [6.45, 7) is 1.89. The molecule has 0 bridgehead atoms. The van der Waals surface area contributed by atoms with Crippen LogP contribution >= 0.6 is 24.0 Å². The van der Waals surface area contributed by atoms with Gasteiger partial charge in [-0.2, -0.15) is 0 Å². The molecule has 1 fully saturated rings. The van der Waals surface area contributed by atoms with Crippen molar-refractivity contribution >= 4 is 46.3 Å². The summed E-state index contributed by atoms with van der Waals surface area (Å²) >= 11 is 6.27. The molecule has 7 heteroatoms. The van der Waals surface area contributed by atoms with Crippen LogP contribution in [0.1, 0.15) is 18.1 Å². The number of carboxylic acid groups (broad SMARTS) is 1. The summed E-state index contributed by atoms with van der Waals surface area (Å²) in [5.74, 6) is -0.804. The van der Waals surface area contributed by atoms with Crippen molar-refractivity contribution in [1.82, 2.24) is 4.90 Å². The third kappa shape index (κ3) is 4.56. The number of thioether (sulfide) groups is 1. The van der Waals surface area contributed by atoms with Crippen LogP contribution < -0.4 is 4.74 Å². The molecule has 27 heavy (non-hydrogen) atoms. The standard InChI is InChI=1S/C20H17NO4S2/c1-13(19(23)24)21-18(22)17(27-20(21)26)11-15-8-5-9-16(10-15)25-12-14-6-3-2-4-7-14/h2-11,13H,12H2,1H3,(H,23,24)/b17-11-/t13-/m1/s1. The van der Waals surface area contributed by atoms with Crippen molar-refractivity contribution in [2.75, 3.05) is 0 Å². The van der Waals surface area contributed by atoms with Crippen LogP contribution in [0.2, 0.25) is 0 Å². The summed E-state index contributed by atoms with van der Waals surface area (Å²) in [5, 5.41) is 9.14. The van der Waals surface area contributed by atoms with Crippen LogP contribution in [0.3, 0.4) is 0 Å². The van der Waals surface area contributed by atoms with Crippen LogP contribution in [-0.4, -0.2) is 32.2 Å². The minimum absolute atomic E-state index is 0.248. The molecule has 0 spiro atoms. The van der Waals surface area contributed by atoms with Crippen molar-refractivity contribution in [1.29, 1.82) is 0 Å². The van der Waals surface area contributed by atoms with Gasteiger partial charge in [0.25, 0.3) is 5.91 Å². The number of aliphatic carboxylic acids is 1. The molecule has 0 radical (unpaired) electrons. The lowest BCUT2D eigenvalue weighted by Crippen LogP contribution is -2.41. The summed E-state index contributed by atoms with van der Waals surface area (Å²) in [7, 11) is 0. The van der Waals surface area contributed by atoms with Gasteiger partial charge in [0.1, 0.15) is 22.7 Å². The number of hydrogen-bond donors (Lipinski definition) is 1. The van der Waals surface area contributed by atoms with Gasteiger partial charge in [0.05, 0.1) is 4.91 Å². The smallest absolute Gasteiger partial charge is 0.326 e. The molecule has 1 amide bonds. The molecular formula is C20H17NO4S2. The fourth-order valence-corrected chi connectivity index (χ4v) is 3.93. The average Bonchev–Trinajstić information content (AvgIpc) is 2.94. The quantitative estimate of drug-likeness (QED) is 0.586. The lowest BCUT2D eigenvalue weighted by Gasteiger charge is -2.18. The molecule has 1 N–H and O–H groups in total. The van der Waals surface area contributed by atoms with Gasteiger partial charge in [-0.3, -0.25) is 9.69 Å². The van der Waals surface area contributed by atoms with Gasteiger partial charge >= 0.3 is 5.97 Å². The first-order chi connectivity index (χ1) is 13.0. The predicted molar refractivity (Wildman–Crippen MR) is 109 cm³/mol. The number of thiocarbonyl (C=S) groups is 1. The maximum atomic E-state index is 12.5. The summed E-state index contributed by atoms with van der Waals surface area (Å²) in [4.78, 5) is 25.2. The summed E-state index contributed by atoms with van der Waals surface area (Å²) in [6.07, 6.45) is 1.70. The number of amides is 1. The van der Waals surface area contributed by atoms with E-state index in [0.29, 0.717) is 17.3 Å². The molecule has 0 unspecified atom stereocenters. The van der Waals surface area contributed by atoms with Gasteiger partial charge in [-0.25, -0.2) is 4.79 Å². The SMILES string of the molecule is C[C@H](C(=O)O)N1C(=O)/C(=C/c2cccc(OCc3ccccc3)c2)SC1=S. The number of carbonyl (C=O) groups is 2. The Labute approximate surface area is 166 Å². The van der Waals surface area contributed by atoms with E-state index in [1.54, 1.807) is 6.08 Å². The summed E-state index contributed by atoms with van der Waals surface area (Å²) < 4.78 is 6.05. The Bertz CT molecular complexity index is 911. The molecule has 2 aromatic rings. The van der Waals surface area contributed by atoms with Crippen LogP contribution in [0.25, 0.3) is 6.08 Å². The van der Waals surface area contributed by atoms with E-state index in [0.717, 1.165) is 27.8 Å². The number of carboxylic acids is 1. The zero-order chi connectivity index (χ0) is 19.4. The second-order valence-corrected chi connectivity index (χ2v) is 7.59. The predicted octanol–water partition coefficient (Wildman–Crippen LogP) is 3.94. The molecule has 5 nitrogen and oxygen atoms in total. The number of ether oxygens (including phenoxy) is 1. The Kier molecular flexibility index (Phi) is 5.93. The minimum Gasteiger partial charge on any atom is -0.489 e. The van der Waals surface area contributed by atoms with Crippen molar-refractivity contribution in [2.45, 2.75) is 19.6 Å². The number of carbonyl (C=O) groups excluding carboxylic acids is 1. The molecule has 0 saturated carbocycles. The van der Waals surface area contributed by atoms with Gasteiger partial charge in [0.2, 0.25) is 0 Å². The topological polar surface area (TPSA) is 66.8 Å². The first kappa shape index (κ1) is 19.1. The second kappa shape index (κ2) is 8.37. The fourth-order valence-electron chi connectivity index (χ4n) is 2.51. The normalized spacial score (nSPS) is 16.6. The van der Waals surface area contributed by atoms with Gasteiger partial charge < -0.3 is 9.84 Å². The van der Waals surface area contributed by atoms with Crippen molar-refractivity contribution < 1.29 is 19.4 Å². The van der Waals surface area contributed by atoms with Crippen molar-refractivity contribution in [3.05, 3.63) is 70.6 Å². The van der Waals surface area contributed by atoms with E-state index >= 15 is 0 Å². The molecule has 2 aromatic carbocycles. The number of nitrogens with zero attached hydrogens (tertiary/aromatic N) is 1. The Balaban J connectivity index is 1.74. The highest BCUT2D eigenvalue weighted by atomic mass is 32.2. The van der Waals surface area contributed by atoms with Crippen molar-refractivity contribution in [3.63, 3.8) is 0 Å². The van der Waals surface area contributed by atoms with E-state index in [9.17, 15) is 9.59 Å². The van der Waals surface area contributed by atoms with Gasteiger partial charge in [-0.1, -0.05) is 66.4 Å². The Morgan fingerprint density at radius 3 is 2.70 bits per heavy atom. The van der Waals surface area contributed by atoms with Crippen LogP contribution in [0.4, 0.5) is 0 Å². The zero-order valence-electron chi connectivity index (χ0n) is 14.5.